The van der Waals surface area contributed by atoms with Crippen molar-refractivity contribution < 1.29 is 19.4 Å². The molecule has 2 aromatic heterocycles. The summed E-state index contributed by atoms with van der Waals surface area (Å²) in [6.45, 7) is 3.28. The lowest BCUT2D eigenvalue weighted by Gasteiger charge is -2.42. The monoisotopic (exact) mass is 662 g/mol. The Bertz CT molecular complexity index is 1860. The standard InChI is InChI=1S/C37H42N8O4/c38-36-28(20-29(41-42-36)27-4-1-2-7-33(27)46)30-21-44(22-39-30)25-14-16-43(17-15-25)24-10-8-23(9-11-24)26-5-3-6-31-35(26)49-19-18-45(31)32-12-13-34(47)40-37(32)48/h1-7,20-25,32,46H,8-19H2,(H2,38,42)(H,40,47,48)/t23?,24?,32-/m0/s1. The van der Waals surface area contributed by atoms with Crippen LogP contribution in [0.5, 0.6) is 11.5 Å². The number of fused-ring (bicyclic) bond motifs is 1. The van der Waals surface area contributed by atoms with Crippen molar-refractivity contribution in [1.82, 2.24) is 30.0 Å². The fourth-order valence-corrected chi connectivity index (χ4v) is 8.32. The molecule has 2 saturated heterocycles. The number of nitrogens with one attached hydrogen (secondary N) is 1. The molecule has 5 heterocycles. The van der Waals surface area contributed by atoms with Crippen molar-refractivity contribution in [3.8, 4) is 34.0 Å². The average molecular weight is 663 g/mol. The maximum Gasteiger partial charge on any atom is 0.249 e. The first-order chi connectivity index (χ1) is 23.9. The number of piperidine rings is 2. The maximum absolute atomic E-state index is 12.7. The van der Waals surface area contributed by atoms with Crippen molar-refractivity contribution in [2.24, 2.45) is 0 Å². The minimum absolute atomic E-state index is 0.143. The number of anilines is 2. The number of hydrogen-bond donors (Lipinski definition) is 3. The minimum Gasteiger partial charge on any atom is -0.507 e. The number of carbonyl (C=O) groups excluding carboxylic acids is 2. The number of aromatic nitrogens is 4. The number of nitrogens with two attached hydrogens (primary N) is 1. The number of amides is 2. The van der Waals surface area contributed by atoms with Gasteiger partial charge in [-0.15, -0.1) is 10.2 Å². The van der Waals surface area contributed by atoms with E-state index in [-0.39, 0.29) is 23.6 Å². The van der Waals surface area contributed by atoms with Crippen LogP contribution in [0.15, 0.2) is 61.1 Å². The largest absolute Gasteiger partial charge is 0.507 e. The topological polar surface area (TPSA) is 152 Å². The maximum atomic E-state index is 12.7. The van der Waals surface area contributed by atoms with Crippen LogP contribution in [0.25, 0.3) is 22.5 Å². The zero-order valence-electron chi connectivity index (χ0n) is 27.5. The van der Waals surface area contributed by atoms with E-state index in [0.29, 0.717) is 66.6 Å². The summed E-state index contributed by atoms with van der Waals surface area (Å²) in [5, 5.41) is 21.2. The first-order valence-corrected chi connectivity index (χ1v) is 17.5. The van der Waals surface area contributed by atoms with Crippen LogP contribution in [0.3, 0.4) is 0 Å². The molecule has 1 aliphatic carbocycles. The number of nitrogens with zero attached hydrogens (tertiary/aromatic N) is 6. The number of imide groups is 1. The molecule has 0 spiro atoms. The van der Waals surface area contributed by atoms with Crippen LogP contribution in [0.4, 0.5) is 11.5 Å². The van der Waals surface area contributed by atoms with Gasteiger partial charge in [-0.3, -0.25) is 14.9 Å². The van der Waals surface area contributed by atoms with Crippen molar-refractivity contribution in [1.29, 1.82) is 0 Å². The Morgan fingerprint density at radius 1 is 0.857 bits per heavy atom. The molecule has 12 nitrogen and oxygen atoms in total. The number of benzene rings is 2. The van der Waals surface area contributed by atoms with Crippen LogP contribution in [0, 0.1) is 0 Å². The van der Waals surface area contributed by atoms with Gasteiger partial charge in [-0.2, -0.15) is 0 Å². The number of imidazole rings is 1. The summed E-state index contributed by atoms with van der Waals surface area (Å²) in [6.07, 6.45) is 11.5. The Kier molecular flexibility index (Phi) is 8.40. The first kappa shape index (κ1) is 31.3. The van der Waals surface area contributed by atoms with E-state index in [1.165, 1.54) is 5.56 Å². The highest BCUT2D eigenvalue weighted by Crippen LogP contribution is 2.45. The normalized spacial score (nSPS) is 23.5. The Balaban J connectivity index is 0.884. The molecule has 12 heteroatoms. The molecule has 0 unspecified atom stereocenters. The predicted molar refractivity (Wildman–Crippen MR) is 185 cm³/mol. The van der Waals surface area contributed by atoms with Crippen LogP contribution in [-0.4, -0.2) is 79.9 Å². The molecule has 0 bridgehead atoms. The third kappa shape index (κ3) is 6.09. The number of likely N-dealkylation sites (tertiary alicyclic amines) is 1. The van der Waals surface area contributed by atoms with Gasteiger partial charge in [0.05, 0.1) is 29.9 Å². The molecule has 3 aliphatic heterocycles. The summed E-state index contributed by atoms with van der Waals surface area (Å²) in [7, 11) is 0. The van der Waals surface area contributed by atoms with E-state index >= 15 is 0 Å². The van der Waals surface area contributed by atoms with Crippen molar-refractivity contribution in [2.45, 2.75) is 75.4 Å². The van der Waals surface area contributed by atoms with Gasteiger partial charge in [-0.05, 0) is 80.7 Å². The van der Waals surface area contributed by atoms with Gasteiger partial charge in [0, 0.05) is 48.9 Å². The summed E-state index contributed by atoms with van der Waals surface area (Å²) in [6, 6.07) is 15.8. The Hall–Kier alpha value is -4.97. The highest BCUT2D eigenvalue weighted by molar-refractivity contribution is 6.02. The van der Waals surface area contributed by atoms with Crippen molar-refractivity contribution >= 4 is 23.3 Å². The lowest BCUT2D eigenvalue weighted by atomic mass is 9.80. The summed E-state index contributed by atoms with van der Waals surface area (Å²) < 4.78 is 8.48. The third-order valence-corrected chi connectivity index (χ3v) is 11.0. The third-order valence-electron chi connectivity index (χ3n) is 11.0. The van der Waals surface area contributed by atoms with Crippen LogP contribution in [-0.2, 0) is 9.59 Å². The molecule has 4 aromatic rings. The number of rotatable bonds is 6. The van der Waals surface area contributed by atoms with Crippen molar-refractivity contribution in [3.05, 3.63) is 66.6 Å². The van der Waals surface area contributed by atoms with E-state index in [1.54, 1.807) is 18.2 Å². The van der Waals surface area contributed by atoms with Gasteiger partial charge < -0.3 is 29.9 Å². The molecule has 8 rings (SSSR count). The molecule has 1 saturated carbocycles. The van der Waals surface area contributed by atoms with Crippen LogP contribution in [0.2, 0.25) is 0 Å². The predicted octanol–water partition coefficient (Wildman–Crippen LogP) is 4.66. The van der Waals surface area contributed by atoms with Gasteiger partial charge in [-0.25, -0.2) is 4.98 Å². The summed E-state index contributed by atoms with van der Waals surface area (Å²) in [4.78, 5) is 33.9. The average Bonchev–Trinajstić information content (AvgIpc) is 3.62. The second-order valence-corrected chi connectivity index (χ2v) is 13.7. The van der Waals surface area contributed by atoms with Gasteiger partial charge in [0.25, 0.3) is 0 Å². The number of hydrogen-bond acceptors (Lipinski definition) is 10. The molecule has 3 fully saturated rings. The number of para-hydroxylation sites is 2. The van der Waals surface area contributed by atoms with E-state index in [9.17, 15) is 14.7 Å². The highest BCUT2D eigenvalue weighted by atomic mass is 16.5. The molecular formula is C37H42N8O4. The van der Waals surface area contributed by atoms with E-state index in [2.05, 4.69) is 59.3 Å². The van der Waals surface area contributed by atoms with E-state index in [1.807, 2.05) is 18.5 Å². The number of carbonyl (C=O) groups is 2. The van der Waals surface area contributed by atoms with Crippen molar-refractivity contribution in [2.75, 3.05) is 36.9 Å². The molecule has 49 heavy (non-hydrogen) atoms. The number of nitrogen functional groups attached to an aromatic ring is 1. The Morgan fingerprint density at radius 2 is 1.67 bits per heavy atom. The van der Waals surface area contributed by atoms with E-state index in [4.69, 9.17) is 10.5 Å². The molecule has 4 aliphatic rings. The second-order valence-electron chi connectivity index (χ2n) is 13.7. The quantitative estimate of drug-likeness (QED) is 0.249. The van der Waals surface area contributed by atoms with Gasteiger partial charge in [-0.1, -0.05) is 24.3 Å². The van der Waals surface area contributed by atoms with E-state index < -0.39 is 0 Å². The molecule has 2 amide bonds. The number of aromatic hydroxyl groups is 1. The summed E-state index contributed by atoms with van der Waals surface area (Å²) in [5.74, 6) is 1.40. The number of phenols is 1. The van der Waals surface area contributed by atoms with Gasteiger partial charge >= 0.3 is 0 Å². The summed E-state index contributed by atoms with van der Waals surface area (Å²) in [5.41, 5.74) is 11.1. The summed E-state index contributed by atoms with van der Waals surface area (Å²) >= 11 is 0. The van der Waals surface area contributed by atoms with Crippen LogP contribution in [0.1, 0.15) is 68.9 Å². The Morgan fingerprint density at radius 3 is 2.47 bits per heavy atom. The Labute approximate surface area is 285 Å². The van der Waals surface area contributed by atoms with Crippen LogP contribution < -0.4 is 20.7 Å². The van der Waals surface area contributed by atoms with Crippen LogP contribution >= 0.6 is 0 Å². The fourth-order valence-electron chi connectivity index (χ4n) is 8.32. The fraction of sp³-hybridized carbons (Fsp3) is 0.432. The molecule has 0 radical (unpaired) electrons. The second kappa shape index (κ2) is 13.1. The zero-order chi connectivity index (χ0) is 33.5. The lowest BCUT2D eigenvalue weighted by Crippen LogP contribution is -2.54. The van der Waals surface area contributed by atoms with Gasteiger partial charge in [0.1, 0.15) is 24.1 Å². The van der Waals surface area contributed by atoms with Crippen molar-refractivity contribution in [3.63, 3.8) is 0 Å². The van der Waals surface area contributed by atoms with E-state index in [0.717, 1.165) is 68.7 Å². The number of ether oxygens (including phenoxy) is 1. The molecule has 1 atom stereocenters. The van der Waals surface area contributed by atoms with Gasteiger partial charge in [0.2, 0.25) is 11.8 Å². The van der Waals surface area contributed by atoms with Gasteiger partial charge in [0.15, 0.2) is 5.82 Å². The molecule has 2 aromatic carbocycles. The lowest BCUT2D eigenvalue weighted by molar-refractivity contribution is -0.134. The minimum atomic E-state index is -0.336. The smallest absolute Gasteiger partial charge is 0.249 e. The molecule has 4 N–H and O–H groups in total. The highest BCUT2D eigenvalue weighted by Gasteiger charge is 2.37. The first-order valence-electron chi connectivity index (χ1n) is 17.5. The SMILES string of the molecule is Nc1nnc(-c2ccccc2O)cc1-c1cn(C2CCN(C3CCC(c4cccc5c4OCCN5[C@H]4CCC(=O)NC4=O)CC3)CC2)cn1. The molecular weight excluding hydrogens is 620 g/mol. The number of phenolic OH excluding ortho intramolecular Hbond substituents is 1. The molecule has 254 valence electrons. The zero-order valence-corrected chi connectivity index (χ0v) is 27.5.